The van der Waals surface area contributed by atoms with E-state index < -0.39 is 16.5 Å². The molecule has 1 radical (unpaired) electrons. The molecule has 0 amide bonds. The second-order valence-corrected chi connectivity index (χ2v) is 1.60. The average Bonchev–Trinajstić information content (AvgIpc) is 1.88. The Hall–Kier alpha value is -0.261. The molecular weight excluding hydrogens is 298 g/mol. The quantitative estimate of drug-likeness (QED) is 0.318. The first-order valence-corrected chi connectivity index (χ1v) is 2.50. The van der Waals surface area contributed by atoms with Gasteiger partial charge in [-0.05, 0) is 22.0 Å². The van der Waals surface area contributed by atoms with Gasteiger partial charge in [0.05, 0.1) is 0 Å². The first-order valence-electron chi connectivity index (χ1n) is 2.50. The van der Waals surface area contributed by atoms with E-state index in [1.165, 1.54) is 18.3 Å². The number of hydrogen-bond donors (Lipinski definition) is 1. The first kappa shape index (κ1) is 23.5. The molecule has 1 aromatic rings. The van der Waals surface area contributed by atoms with Crippen LogP contribution < -0.4 is 37.2 Å². The molecule has 0 aromatic carbocycles. The second-order valence-electron chi connectivity index (χ2n) is 1.60. The number of aromatic hydroxyl groups is 1. The van der Waals surface area contributed by atoms with E-state index in [9.17, 15) is 10.1 Å². The van der Waals surface area contributed by atoms with Gasteiger partial charge in [-0.3, -0.25) is 0 Å². The standard InChI is InChI=1S/C5H4N2O3.3ClH.Fe/c8-4-2-1-3-6-5(4)7(9)10;;;;/h1-3,8H;3*1H;/q;;;;+3/p-3. The van der Waals surface area contributed by atoms with E-state index in [4.69, 9.17) is 5.11 Å². The Morgan fingerprint density at radius 1 is 1.36 bits per heavy atom. The molecule has 9 heteroatoms. The third-order valence-electron chi connectivity index (χ3n) is 0.939. The predicted octanol–water partition coefficient (Wildman–Crippen LogP) is -8.30. The van der Waals surface area contributed by atoms with Gasteiger partial charge in [0.1, 0.15) is 6.20 Å². The number of aromatic nitrogens is 1. The van der Waals surface area contributed by atoms with Gasteiger partial charge < -0.3 is 52.4 Å². The monoisotopic (exact) mass is 301 g/mol. The summed E-state index contributed by atoms with van der Waals surface area (Å²) in [6.07, 6.45) is 1.25. The fraction of sp³-hybridized carbons (Fsp3) is 0. The minimum Gasteiger partial charge on any atom is -1.00 e. The fourth-order valence-corrected chi connectivity index (χ4v) is 0.529. The van der Waals surface area contributed by atoms with Crippen molar-refractivity contribution in [2.24, 2.45) is 0 Å². The third kappa shape index (κ3) is 6.23. The van der Waals surface area contributed by atoms with Crippen molar-refractivity contribution in [1.29, 1.82) is 0 Å². The van der Waals surface area contributed by atoms with Gasteiger partial charge in [-0.25, -0.2) is 0 Å². The van der Waals surface area contributed by atoms with Crippen LogP contribution in [0.15, 0.2) is 18.3 Å². The SMILES string of the molecule is O=[N+]([O-])c1ncccc1O.[Cl-].[Cl-].[Cl-].[Fe+3]. The van der Waals surface area contributed by atoms with Gasteiger partial charge in [0.25, 0.3) is 0 Å². The van der Waals surface area contributed by atoms with E-state index in [-0.39, 0.29) is 54.3 Å². The summed E-state index contributed by atoms with van der Waals surface area (Å²) in [7, 11) is 0. The molecule has 0 bridgehead atoms. The molecule has 0 saturated heterocycles. The van der Waals surface area contributed by atoms with Crippen molar-refractivity contribution in [1.82, 2.24) is 4.98 Å². The van der Waals surface area contributed by atoms with Crippen LogP contribution in [0.4, 0.5) is 5.82 Å². The summed E-state index contributed by atoms with van der Waals surface area (Å²) in [4.78, 5) is 12.6. The summed E-state index contributed by atoms with van der Waals surface area (Å²) in [6.45, 7) is 0. The van der Waals surface area contributed by atoms with Crippen LogP contribution in [0, 0.1) is 10.1 Å². The van der Waals surface area contributed by atoms with Crippen LogP contribution in [-0.2, 0) is 17.1 Å². The summed E-state index contributed by atoms with van der Waals surface area (Å²) in [5.74, 6) is -0.921. The van der Waals surface area contributed by atoms with Crippen LogP contribution in [0.2, 0.25) is 0 Å². The first-order chi connectivity index (χ1) is 4.72. The molecule has 0 aliphatic heterocycles. The Kier molecular flexibility index (Phi) is 18.2. The van der Waals surface area contributed by atoms with Crippen LogP contribution in [0.1, 0.15) is 0 Å². The van der Waals surface area contributed by atoms with Crippen molar-refractivity contribution in [2.75, 3.05) is 0 Å². The van der Waals surface area contributed by atoms with Crippen LogP contribution in [0.3, 0.4) is 0 Å². The Morgan fingerprint density at radius 3 is 2.14 bits per heavy atom. The van der Waals surface area contributed by atoms with E-state index >= 15 is 0 Å². The molecule has 5 nitrogen and oxygen atoms in total. The van der Waals surface area contributed by atoms with E-state index in [1.54, 1.807) is 0 Å². The van der Waals surface area contributed by atoms with E-state index in [0.29, 0.717) is 0 Å². The van der Waals surface area contributed by atoms with Crippen LogP contribution in [0.25, 0.3) is 0 Å². The Morgan fingerprint density at radius 2 is 1.86 bits per heavy atom. The van der Waals surface area contributed by atoms with E-state index in [2.05, 4.69) is 4.98 Å². The molecule has 0 unspecified atom stereocenters. The second kappa shape index (κ2) is 10.8. The fourth-order valence-electron chi connectivity index (χ4n) is 0.529. The van der Waals surface area contributed by atoms with Gasteiger partial charge in [0, 0.05) is 0 Å². The number of nitrogens with zero attached hydrogens (tertiary/aromatic N) is 2. The molecule has 0 atom stereocenters. The van der Waals surface area contributed by atoms with Gasteiger partial charge in [-0.1, -0.05) is 0 Å². The Labute approximate surface area is 109 Å². The van der Waals surface area contributed by atoms with E-state index in [0.717, 1.165) is 0 Å². The summed E-state index contributed by atoms with van der Waals surface area (Å²) < 4.78 is 0. The van der Waals surface area contributed by atoms with Crippen molar-refractivity contribution in [3.05, 3.63) is 28.4 Å². The minimum atomic E-state index is -0.741. The topological polar surface area (TPSA) is 76.3 Å². The number of nitro groups is 1. The number of pyridine rings is 1. The van der Waals surface area contributed by atoms with Crippen LogP contribution >= 0.6 is 0 Å². The molecule has 1 rings (SSSR count). The maximum Gasteiger partial charge on any atom is 3.00 e. The zero-order valence-electron chi connectivity index (χ0n) is 6.38. The zero-order chi connectivity index (χ0) is 7.56. The molecule has 1 heterocycles. The van der Waals surface area contributed by atoms with Gasteiger partial charge >= 0.3 is 22.9 Å². The Balaban J connectivity index is -0.000000125. The van der Waals surface area contributed by atoms with Crippen LogP contribution in [-0.4, -0.2) is 15.0 Å². The number of halogens is 3. The van der Waals surface area contributed by atoms with Crippen molar-refractivity contribution >= 4 is 5.82 Å². The largest absolute Gasteiger partial charge is 3.00 e. The Bertz CT molecular complexity index is 276. The van der Waals surface area contributed by atoms with Crippen molar-refractivity contribution < 1.29 is 64.3 Å². The summed E-state index contributed by atoms with van der Waals surface area (Å²) in [5.41, 5.74) is 0. The molecule has 0 aliphatic carbocycles. The smallest absolute Gasteiger partial charge is 1.00 e. The van der Waals surface area contributed by atoms with Crippen LogP contribution in [0.5, 0.6) is 5.75 Å². The molecular formula is C5H4Cl3FeN2O3. The maximum absolute atomic E-state index is 10.0. The molecule has 0 fully saturated rings. The average molecular weight is 302 g/mol. The number of hydrogen-bond acceptors (Lipinski definition) is 4. The maximum atomic E-state index is 10.0. The molecule has 1 N–H and O–H groups in total. The summed E-state index contributed by atoms with van der Waals surface area (Å²) in [5, 5.41) is 18.8. The van der Waals surface area contributed by atoms with Gasteiger partial charge in [0.2, 0.25) is 5.75 Å². The molecule has 0 saturated carbocycles. The van der Waals surface area contributed by atoms with Gasteiger partial charge in [-0.15, -0.1) is 0 Å². The molecule has 1 aromatic heterocycles. The summed E-state index contributed by atoms with van der Waals surface area (Å²) in [6, 6.07) is 2.63. The van der Waals surface area contributed by atoms with Crippen molar-refractivity contribution in [3.63, 3.8) is 0 Å². The molecule has 0 aliphatic rings. The third-order valence-corrected chi connectivity index (χ3v) is 0.939. The molecule has 81 valence electrons. The zero-order valence-corrected chi connectivity index (χ0v) is 9.75. The number of rotatable bonds is 1. The van der Waals surface area contributed by atoms with Crippen molar-refractivity contribution in [2.45, 2.75) is 0 Å². The van der Waals surface area contributed by atoms with Gasteiger partial charge in [-0.2, -0.15) is 0 Å². The normalized spacial score (nSPS) is 6.57. The van der Waals surface area contributed by atoms with Gasteiger partial charge in [0.15, 0.2) is 0 Å². The minimum absolute atomic E-state index is 0. The predicted molar refractivity (Wildman–Crippen MR) is 32.6 cm³/mol. The van der Waals surface area contributed by atoms with E-state index in [1.807, 2.05) is 0 Å². The molecule has 0 spiro atoms. The van der Waals surface area contributed by atoms with Crippen molar-refractivity contribution in [3.8, 4) is 5.75 Å². The molecule has 14 heavy (non-hydrogen) atoms. The summed E-state index contributed by atoms with van der Waals surface area (Å²) >= 11 is 0.